The third-order valence-electron chi connectivity index (χ3n) is 4.08. The smallest absolute Gasteiger partial charge is 0.328 e. The highest BCUT2D eigenvalue weighted by Crippen LogP contribution is 2.25. The Bertz CT molecular complexity index is 736. The number of hydrogen-bond donors (Lipinski definition) is 1. The molecule has 1 atom stereocenters. The first-order valence-corrected chi connectivity index (χ1v) is 8.99. The van der Waals surface area contributed by atoms with E-state index in [0.29, 0.717) is 25.9 Å². The number of benzene rings is 2. The molecule has 26 heavy (non-hydrogen) atoms. The number of ether oxygens (including phenoxy) is 2. The third-order valence-corrected chi connectivity index (χ3v) is 4.08. The van der Waals surface area contributed by atoms with Gasteiger partial charge in [-0.1, -0.05) is 50.2 Å². The Morgan fingerprint density at radius 3 is 2.54 bits per heavy atom. The van der Waals surface area contributed by atoms with Crippen molar-refractivity contribution in [3.05, 3.63) is 42.5 Å². The van der Waals surface area contributed by atoms with Crippen LogP contribution in [-0.4, -0.2) is 31.6 Å². The highest BCUT2D eigenvalue weighted by Gasteiger charge is 2.22. The first-order chi connectivity index (χ1) is 12.5. The molecule has 0 heterocycles. The van der Waals surface area contributed by atoms with E-state index in [-0.39, 0.29) is 11.8 Å². The molecule has 0 saturated heterocycles. The predicted molar refractivity (Wildman–Crippen MR) is 102 cm³/mol. The van der Waals surface area contributed by atoms with Crippen molar-refractivity contribution in [2.75, 3.05) is 13.7 Å². The highest BCUT2D eigenvalue weighted by molar-refractivity contribution is 5.88. The molecule has 1 unspecified atom stereocenters. The minimum absolute atomic E-state index is 0.164. The molecule has 1 N–H and O–H groups in total. The number of carbonyl (C=O) groups is 2. The van der Waals surface area contributed by atoms with Crippen molar-refractivity contribution < 1.29 is 19.1 Å². The molecule has 140 valence electrons. The van der Waals surface area contributed by atoms with Crippen molar-refractivity contribution >= 4 is 22.6 Å². The molecule has 0 aliphatic carbocycles. The number of hydrogen-bond acceptors (Lipinski definition) is 4. The fourth-order valence-corrected chi connectivity index (χ4v) is 2.83. The molecule has 5 nitrogen and oxygen atoms in total. The Kier molecular flexibility index (Phi) is 7.45. The van der Waals surface area contributed by atoms with Crippen LogP contribution < -0.4 is 10.1 Å². The Hall–Kier alpha value is -2.56. The van der Waals surface area contributed by atoms with E-state index in [1.54, 1.807) is 0 Å². The number of esters is 1. The molecular weight excluding hydrogens is 330 g/mol. The maximum absolute atomic E-state index is 12.1. The number of methoxy groups -OCH3 is 1. The van der Waals surface area contributed by atoms with Crippen LogP contribution in [0.3, 0.4) is 0 Å². The van der Waals surface area contributed by atoms with E-state index in [1.807, 2.05) is 56.3 Å². The SMILES string of the molecule is COC(=O)C(CC(C)C)NC(=O)CCCOc1cccc2ccccc12. The number of nitrogens with one attached hydrogen (secondary N) is 1. The minimum Gasteiger partial charge on any atom is -0.493 e. The molecule has 2 rings (SSSR count). The zero-order chi connectivity index (χ0) is 18.9. The summed E-state index contributed by atoms with van der Waals surface area (Å²) >= 11 is 0. The molecule has 0 radical (unpaired) electrons. The van der Waals surface area contributed by atoms with Crippen LogP contribution in [-0.2, 0) is 14.3 Å². The van der Waals surface area contributed by atoms with Crippen LogP contribution in [0.25, 0.3) is 10.8 Å². The molecule has 0 bridgehead atoms. The van der Waals surface area contributed by atoms with Gasteiger partial charge in [-0.15, -0.1) is 0 Å². The van der Waals surface area contributed by atoms with E-state index in [0.717, 1.165) is 16.5 Å². The predicted octanol–water partition coefficient (Wildman–Crippen LogP) is 3.70. The van der Waals surface area contributed by atoms with Gasteiger partial charge in [0, 0.05) is 11.8 Å². The van der Waals surface area contributed by atoms with Gasteiger partial charge in [0.1, 0.15) is 11.8 Å². The summed E-state index contributed by atoms with van der Waals surface area (Å²) in [4.78, 5) is 23.9. The lowest BCUT2D eigenvalue weighted by Gasteiger charge is -2.18. The zero-order valence-corrected chi connectivity index (χ0v) is 15.7. The summed E-state index contributed by atoms with van der Waals surface area (Å²) < 4.78 is 10.6. The summed E-state index contributed by atoms with van der Waals surface area (Å²) in [5.41, 5.74) is 0. The van der Waals surface area contributed by atoms with Crippen LogP contribution >= 0.6 is 0 Å². The van der Waals surface area contributed by atoms with Crippen LogP contribution in [0.4, 0.5) is 0 Å². The van der Waals surface area contributed by atoms with Crippen molar-refractivity contribution in [2.45, 2.75) is 39.2 Å². The van der Waals surface area contributed by atoms with Gasteiger partial charge in [0.25, 0.3) is 0 Å². The summed E-state index contributed by atoms with van der Waals surface area (Å²) in [5, 5.41) is 4.94. The summed E-state index contributed by atoms with van der Waals surface area (Å²) in [7, 11) is 1.33. The summed E-state index contributed by atoms with van der Waals surface area (Å²) in [6, 6.07) is 13.4. The van der Waals surface area contributed by atoms with E-state index in [2.05, 4.69) is 5.32 Å². The van der Waals surface area contributed by atoms with Gasteiger partial charge in [0.2, 0.25) is 5.91 Å². The van der Waals surface area contributed by atoms with Gasteiger partial charge >= 0.3 is 5.97 Å². The van der Waals surface area contributed by atoms with Gasteiger partial charge in [-0.2, -0.15) is 0 Å². The van der Waals surface area contributed by atoms with Gasteiger partial charge in [0.15, 0.2) is 0 Å². The number of rotatable bonds is 9. The minimum atomic E-state index is -0.591. The normalized spacial score (nSPS) is 12.0. The molecular formula is C21H27NO4. The second-order valence-electron chi connectivity index (χ2n) is 6.70. The average Bonchev–Trinajstić information content (AvgIpc) is 2.63. The maximum atomic E-state index is 12.1. The maximum Gasteiger partial charge on any atom is 0.328 e. The fraction of sp³-hybridized carbons (Fsp3) is 0.429. The topological polar surface area (TPSA) is 64.6 Å². The summed E-state index contributed by atoms with van der Waals surface area (Å²) in [6.07, 6.45) is 1.44. The standard InChI is InChI=1S/C21H27NO4/c1-15(2)14-18(21(24)25-3)22-20(23)12-7-13-26-19-11-6-9-16-8-4-5-10-17(16)19/h4-6,8-11,15,18H,7,12-14H2,1-3H3,(H,22,23). The second-order valence-corrected chi connectivity index (χ2v) is 6.70. The first kappa shape index (κ1) is 19.8. The molecule has 1 amide bonds. The van der Waals surface area contributed by atoms with Crippen molar-refractivity contribution in [1.29, 1.82) is 0 Å². The van der Waals surface area contributed by atoms with Crippen molar-refractivity contribution in [3.8, 4) is 5.75 Å². The summed E-state index contributed by atoms with van der Waals surface area (Å²) in [6.45, 7) is 4.44. The number of fused-ring (bicyclic) bond motifs is 1. The monoisotopic (exact) mass is 357 g/mol. The third kappa shape index (κ3) is 5.76. The number of amides is 1. The quantitative estimate of drug-likeness (QED) is 0.549. The Morgan fingerprint density at radius 2 is 1.81 bits per heavy atom. The number of carbonyl (C=O) groups excluding carboxylic acids is 2. The van der Waals surface area contributed by atoms with Crippen molar-refractivity contribution in [3.63, 3.8) is 0 Å². The van der Waals surface area contributed by atoms with Crippen LogP contribution in [0.1, 0.15) is 33.1 Å². The Balaban J connectivity index is 1.81. The first-order valence-electron chi connectivity index (χ1n) is 8.99. The molecule has 5 heteroatoms. The lowest BCUT2D eigenvalue weighted by molar-refractivity contribution is -0.145. The highest BCUT2D eigenvalue weighted by atomic mass is 16.5. The second kappa shape index (κ2) is 9.80. The molecule has 0 aliphatic heterocycles. The summed E-state index contributed by atoms with van der Waals surface area (Å²) in [5.74, 6) is 0.534. The van der Waals surface area contributed by atoms with Crippen molar-refractivity contribution in [1.82, 2.24) is 5.32 Å². The Morgan fingerprint density at radius 1 is 1.08 bits per heavy atom. The van der Waals surface area contributed by atoms with E-state index < -0.39 is 12.0 Å². The van der Waals surface area contributed by atoms with Crippen molar-refractivity contribution in [2.24, 2.45) is 5.92 Å². The molecule has 2 aromatic carbocycles. The van der Waals surface area contributed by atoms with E-state index >= 15 is 0 Å². The van der Waals surface area contributed by atoms with Crippen LogP contribution in [0.5, 0.6) is 5.75 Å². The van der Waals surface area contributed by atoms with Crippen LogP contribution in [0, 0.1) is 5.92 Å². The van der Waals surface area contributed by atoms with Gasteiger partial charge in [0.05, 0.1) is 13.7 Å². The van der Waals surface area contributed by atoms with Crippen LogP contribution in [0.2, 0.25) is 0 Å². The van der Waals surface area contributed by atoms with Gasteiger partial charge in [-0.05, 0) is 30.2 Å². The fourth-order valence-electron chi connectivity index (χ4n) is 2.83. The zero-order valence-electron chi connectivity index (χ0n) is 15.7. The average molecular weight is 357 g/mol. The van der Waals surface area contributed by atoms with Gasteiger partial charge in [-0.25, -0.2) is 4.79 Å². The molecule has 0 aliphatic rings. The molecule has 0 spiro atoms. The molecule has 2 aromatic rings. The van der Waals surface area contributed by atoms with Crippen LogP contribution in [0.15, 0.2) is 42.5 Å². The largest absolute Gasteiger partial charge is 0.493 e. The molecule has 0 aromatic heterocycles. The lowest BCUT2D eigenvalue weighted by Crippen LogP contribution is -2.42. The van der Waals surface area contributed by atoms with Gasteiger partial charge in [-0.3, -0.25) is 4.79 Å². The lowest BCUT2D eigenvalue weighted by atomic mass is 10.0. The Labute approximate surface area is 154 Å². The van der Waals surface area contributed by atoms with E-state index in [9.17, 15) is 9.59 Å². The van der Waals surface area contributed by atoms with E-state index in [1.165, 1.54) is 7.11 Å². The van der Waals surface area contributed by atoms with E-state index in [4.69, 9.17) is 9.47 Å². The van der Waals surface area contributed by atoms with Gasteiger partial charge < -0.3 is 14.8 Å². The molecule has 0 fully saturated rings. The molecule has 0 saturated carbocycles.